The van der Waals surface area contributed by atoms with Crippen molar-refractivity contribution in [3.8, 4) is 0 Å². The fourth-order valence-corrected chi connectivity index (χ4v) is 3.48. The van der Waals surface area contributed by atoms with Crippen molar-refractivity contribution in [2.75, 3.05) is 44.8 Å². The summed E-state index contributed by atoms with van der Waals surface area (Å²) in [6, 6.07) is 7.51. The quantitative estimate of drug-likeness (QED) is 0.734. The molecule has 1 fully saturated rings. The Hall–Kier alpha value is -1.85. The first-order chi connectivity index (χ1) is 12.4. The molecule has 2 rings (SSSR count). The second-order valence-electron chi connectivity index (χ2n) is 7.67. The minimum atomic E-state index is -0.230. The lowest BCUT2D eigenvalue weighted by Crippen LogP contribution is -2.47. The van der Waals surface area contributed by atoms with E-state index in [0.717, 1.165) is 31.5 Å². The summed E-state index contributed by atoms with van der Waals surface area (Å²) in [5, 5.41) is 19.0. The SMILES string of the molecule is CC(C)=CC[C@]1(CO)CCCN(C(=O)c2ccc(N(C)CCO)cc2)C1. The van der Waals surface area contributed by atoms with Gasteiger partial charge in [0.15, 0.2) is 0 Å². The topological polar surface area (TPSA) is 64.0 Å². The average Bonchev–Trinajstić information content (AvgIpc) is 2.66. The Labute approximate surface area is 156 Å². The molecule has 2 N–H and O–H groups in total. The summed E-state index contributed by atoms with van der Waals surface area (Å²) >= 11 is 0. The molecule has 144 valence electrons. The Balaban J connectivity index is 2.09. The van der Waals surface area contributed by atoms with E-state index in [1.807, 2.05) is 41.1 Å². The lowest BCUT2D eigenvalue weighted by atomic mass is 9.77. The van der Waals surface area contributed by atoms with Crippen molar-refractivity contribution in [1.82, 2.24) is 4.90 Å². The van der Waals surface area contributed by atoms with Crippen molar-refractivity contribution in [3.05, 3.63) is 41.5 Å². The Morgan fingerprint density at radius 1 is 1.27 bits per heavy atom. The van der Waals surface area contributed by atoms with Crippen LogP contribution in [0.4, 0.5) is 5.69 Å². The van der Waals surface area contributed by atoms with Crippen molar-refractivity contribution in [2.45, 2.75) is 33.1 Å². The van der Waals surface area contributed by atoms with Gasteiger partial charge in [0.05, 0.1) is 13.2 Å². The van der Waals surface area contributed by atoms with Crippen LogP contribution in [0.3, 0.4) is 0 Å². The van der Waals surface area contributed by atoms with Gasteiger partial charge in [-0.2, -0.15) is 0 Å². The molecule has 1 aliphatic rings. The van der Waals surface area contributed by atoms with E-state index in [-0.39, 0.29) is 24.5 Å². The molecule has 1 aromatic rings. The highest BCUT2D eigenvalue weighted by molar-refractivity contribution is 5.94. The smallest absolute Gasteiger partial charge is 0.253 e. The molecule has 0 aromatic heterocycles. The molecule has 1 aromatic carbocycles. The zero-order valence-corrected chi connectivity index (χ0v) is 16.2. The van der Waals surface area contributed by atoms with Crippen LogP contribution in [-0.2, 0) is 0 Å². The van der Waals surface area contributed by atoms with Gasteiger partial charge in [0.25, 0.3) is 5.91 Å². The lowest BCUT2D eigenvalue weighted by Gasteiger charge is -2.41. The molecular weight excluding hydrogens is 328 g/mol. The van der Waals surface area contributed by atoms with E-state index in [9.17, 15) is 9.90 Å². The van der Waals surface area contributed by atoms with Crippen molar-refractivity contribution in [2.24, 2.45) is 5.41 Å². The number of nitrogens with zero attached hydrogens (tertiary/aromatic N) is 2. The van der Waals surface area contributed by atoms with E-state index in [2.05, 4.69) is 19.9 Å². The van der Waals surface area contributed by atoms with Crippen LogP contribution in [-0.4, -0.2) is 60.9 Å². The second-order valence-corrected chi connectivity index (χ2v) is 7.67. The highest BCUT2D eigenvalue weighted by Gasteiger charge is 2.36. The maximum Gasteiger partial charge on any atom is 0.253 e. The van der Waals surface area contributed by atoms with Crippen molar-refractivity contribution in [3.63, 3.8) is 0 Å². The number of allylic oxidation sites excluding steroid dienone is 2. The molecule has 5 nitrogen and oxygen atoms in total. The molecule has 0 bridgehead atoms. The van der Waals surface area contributed by atoms with E-state index in [0.29, 0.717) is 18.7 Å². The largest absolute Gasteiger partial charge is 0.396 e. The number of hydrogen-bond acceptors (Lipinski definition) is 4. The predicted molar refractivity (Wildman–Crippen MR) is 106 cm³/mol. The van der Waals surface area contributed by atoms with Gasteiger partial charge in [-0.3, -0.25) is 4.79 Å². The maximum atomic E-state index is 12.9. The molecule has 1 heterocycles. The number of carbonyl (C=O) groups excluding carboxylic acids is 1. The standard InChI is InChI=1S/C21H32N2O3/c1-17(2)9-11-21(16-25)10-4-12-23(15-21)20(26)18-5-7-19(8-6-18)22(3)13-14-24/h5-9,24-25H,4,10-16H2,1-3H3/t21-/m1/s1. The van der Waals surface area contributed by atoms with Crippen LogP contribution in [0.15, 0.2) is 35.9 Å². The minimum Gasteiger partial charge on any atom is -0.396 e. The van der Waals surface area contributed by atoms with Gasteiger partial charge in [-0.25, -0.2) is 0 Å². The molecular formula is C21H32N2O3. The number of amides is 1. The molecule has 5 heteroatoms. The highest BCUT2D eigenvalue weighted by atomic mass is 16.3. The molecule has 0 saturated carbocycles. The van der Waals surface area contributed by atoms with Crippen LogP contribution in [0.25, 0.3) is 0 Å². The number of piperidine rings is 1. The molecule has 1 amide bonds. The normalized spacial score (nSPS) is 20.0. The number of aliphatic hydroxyl groups excluding tert-OH is 2. The van der Waals surface area contributed by atoms with E-state index in [1.54, 1.807) is 0 Å². The summed E-state index contributed by atoms with van der Waals surface area (Å²) in [4.78, 5) is 16.8. The summed E-state index contributed by atoms with van der Waals surface area (Å²) < 4.78 is 0. The van der Waals surface area contributed by atoms with E-state index in [1.165, 1.54) is 5.57 Å². The predicted octanol–water partition coefficient (Wildman–Crippen LogP) is 2.69. The summed E-state index contributed by atoms with van der Waals surface area (Å²) in [6.07, 6.45) is 4.83. The third-order valence-electron chi connectivity index (χ3n) is 5.22. The molecule has 0 aliphatic carbocycles. The Bertz CT molecular complexity index is 623. The summed E-state index contributed by atoms with van der Waals surface area (Å²) in [5.41, 5.74) is 2.65. The molecule has 26 heavy (non-hydrogen) atoms. The number of rotatable bonds is 7. The molecule has 1 aliphatic heterocycles. The third kappa shape index (κ3) is 5.08. The maximum absolute atomic E-state index is 12.9. The highest BCUT2D eigenvalue weighted by Crippen LogP contribution is 2.34. The van der Waals surface area contributed by atoms with Gasteiger partial charge in [0, 0.05) is 43.3 Å². The van der Waals surface area contributed by atoms with Crippen LogP contribution in [0.2, 0.25) is 0 Å². The third-order valence-corrected chi connectivity index (χ3v) is 5.22. The number of benzene rings is 1. The zero-order valence-electron chi connectivity index (χ0n) is 16.2. The van der Waals surface area contributed by atoms with Gasteiger partial charge in [-0.15, -0.1) is 0 Å². The second kappa shape index (κ2) is 9.19. The summed E-state index contributed by atoms with van der Waals surface area (Å²) in [5.74, 6) is 0.0242. The number of likely N-dealkylation sites (N-methyl/N-ethyl adjacent to an activating group) is 1. The van der Waals surface area contributed by atoms with Crippen molar-refractivity contribution < 1.29 is 15.0 Å². The van der Waals surface area contributed by atoms with Crippen LogP contribution in [0, 0.1) is 5.41 Å². The molecule has 0 unspecified atom stereocenters. The van der Waals surface area contributed by atoms with Gasteiger partial charge in [-0.1, -0.05) is 11.6 Å². The van der Waals surface area contributed by atoms with Gasteiger partial charge in [0.1, 0.15) is 0 Å². The first-order valence-corrected chi connectivity index (χ1v) is 9.36. The lowest BCUT2D eigenvalue weighted by molar-refractivity contribution is 0.0284. The number of likely N-dealkylation sites (tertiary alicyclic amines) is 1. The van der Waals surface area contributed by atoms with E-state index < -0.39 is 0 Å². The first kappa shape index (κ1) is 20.5. The molecule has 1 atom stereocenters. The monoisotopic (exact) mass is 360 g/mol. The number of carbonyl (C=O) groups is 1. The van der Waals surface area contributed by atoms with Crippen LogP contribution in [0.1, 0.15) is 43.5 Å². The van der Waals surface area contributed by atoms with Crippen LogP contribution >= 0.6 is 0 Å². The zero-order chi connectivity index (χ0) is 19.2. The number of aliphatic hydroxyl groups is 2. The van der Waals surface area contributed by atoms with Crippen molar-refractivity contribution >= 4 is 11.6 Å². The molecule has 0 spiro atoms. The fourth-order valence-electron chi connectivity index (χ4n) is 3.48. The van der Waals surface area contributed by atoms with E-state index >= 15 is 0 Å². The molecule has 1 saturated heterocycles. The van der Waals surface area contributed by atoms with Crippen molar-refractivity contribution in [1.29, 1.82) is 0 Å². The molecule has 0 radical (unpaired) electrons. The Kier molecular flexibility index (Phi) is 7.23. The van der Waals surface area contributed by atoms with Gasteiger partial charge < -0.3 is 20.0 Å². The summed E-state index contributed by atoms with van der Waals surface area (Å²) in [6.45, 7) is 6.21. The van der Waals surface area contributed by atoms with Gasteiger partial charge >= 0.3 is 0 Å². The average molecular weight is 360 g/mol. The number of anilines is 1. The minimum absolute atomic E-state index is 0.0242. The summed E-state index contributed by atoms with van der Waals surface area (Å²) in [7, 11) is 1.91. The van der Waals surface area contributed by atoms with Crippen LogP contribution in [0.5, 0.6) is 0 Å². The van der Waals surface area contributed by atoms with Gasteiger partial charge in [-0.05, 0) is 57.4 Å². The van der Waals surface area contributed by atoms with Crippen LogP contribution < -0.4 is 4.90 Å². The fraction of sp³-hybridized carbons (Fsp3) is 0.571. The first-order valence-electron chi connectivity index (χ1n) is 9.36. The Morgan fingerprint density at radius 3 is 2.54 bits per heavy atom. The van der Waals surface area contributed by atoms with Gasteiger partial charge in [0.2, 0.25) is 0 Å². The van der Waals surface area contributed by atoms with E-state index in [4.69, 9.17) is 5.11 Å². The number of hydrogen-bond donors (Lipinski definition) is 2. The Morgan fingerprint density at radius 2 is 1.96 bits per heavy atom.